The molecule has 15 heavy (non-hydrogen) atoms. The zero-order valence-electron chi connectivity index (χ0n) is 7.80. The van der Waals surface area contributed by atoms with Crippen molar-refractivity contribution in [1.29, 1.82) is 0 Å². The Hall–Kier alpha value is -1.43. The molecule has 0 unspecified atom stereocenters. The van der Waals surface area contributed by atoms with Crippen LogP contribution in [0, 0.1) is 5.82 Å². The molecule has 1 aromatic rings. The molecule has 0 fully saturated rings. The van der Waals surface area contributed by atoms with Gasteiger partial charge in [-0.05, 0) is 28.1 Å². The molecule has 0 bridgehead atoms. The highest BCUT2D eigenvalue weighted by molar-refractivity contribution is 9.10. The summed E-state index contributed by atoms with van der Waals surface area (Å²) in [4.78, 5) is 21.9. The molecule has 0 aromatic heterocycles. The minimum Gasteiger partial charge on any atom is -0.274 e. The van der Waals surface area contributed by atoms with Gasteiger partial charge >= 0.3 is 0 Å². The Balaban J connectivity index is 2.82. The fraction of sp³-hybridized carbons (Fsp3) is 0.111. The van der Waals surface area contributed by atoms with E-state index in [4.69, 9.17) is 0 Å². The van der Waals surface area contributed by atoms with Gasteiger partial charge in [0.25, 0.3) is 5.91 Å². The van der Waals surface area contributed by atoms with Gasteiger partial charge in [-0.2, -0.15) is 0 Å². The number of hydrogen-bond acceptors (Lipinski definition) is 2. The highest BCUT2D eigenvalue weighted by atomic mass is 79.9. The van der Waals surface area contributed by atoms with E-state index in [1.165, 1.54) is 25.1 Å². The zero-order valence-corrected chi connectivity index (χ0v) is 9.39. The molecule has 4 nitrogen and oxygen atoms in total. The number of rotatable bonds is 1. The summed E-state index contributed by atoms with van der Waals surface area (Å²) in [6.07, 6.45) is 0. The highest BCUT2D eigenvalue weighted by Gasteiger charge is 2.12. The number of benzene rings is 1. The van der Waals surface area contributed by atoms with Crippen molar-refractivity contribution in [3.8, 4) is 0 Å². The minimum atomic E-state index is -0.587. The van der Waals surface area contributed by atoms with Crippen LogP contribution in [0.1, 0.15) is 17.3 Å². The van der Waals surface area contributed by atoms with Crippen molar-refractivity contribution in [2.75, 3.05) is 0 Å². The Labute approximate surface area is 94.0 Å². The molecule has 0 aliphatic rings. The fourth-order valence-electron chi connectivity index (χ4n) is 0.891. The van der Waals surface area contributed by atoms with Crippen molar-refractivity contribution in [3.63, 3.8) is 0 Å². The van der Waals surface area contributed by atoms with E-state index in [1.54, 1.807) is 0 Å². The Morgan fingerprint density at radius 1 is 1.33 bits per heavy atom. The van der Waals surface area contributed by atoms with Crippen LogP contribution in [-0.2, 0) is 4.79 Å². The van der Waals surface area contributed by atoms with Crippen LogP contribution in [0.3, 0.4) is 0 Å². The molecular weight excluding hydrogens is 267 g/mol. The lowest BCUT2D eigenvalue weighted by Gasteiger charge is -2.06. The summed E-state index contributed by atoms with van der Waals surface area (Å²) in [6.45, 7) is 1.25. The van der Waals surface area contributed by atoms with Crippen molar-refractivity contribution in [2.24, 2.45) is 0 Å². The van der Waals surface area contributed by atoms with E-state index >= 15 is 0 Å². The van der Waals surface area contributed by atoms with Gasteiger partial charge in [0.2, 0.25) is 5.91 Å². The van der Waals surface area contributed by atoms with Gasteiger partial charge in [0.15, 0.2) is 0 Å². The molecule has 0 heterocycles. The maximum atomic E-state index is 13.0. The number of carbonyl (C=O) groups is 2. The molecule has 0 saturated carbocycles. The molecule has 2 amide bonds. The van der Waals surface area contributed by atoms with Crippen LogP contribution >= 0.6 is 15.9 Å². The smallest absolute Gasteiger partial charge is 0.270 e. The number of halogens is 2. The summed E-state index contributed by atoms with van der Waals surface area (Å²) < 4.78 is 13.1. The average Bonchev–Trinajstić information content (AvgIpc) is 2.18. The maximum absolute atomic E-state index is 13.0. The first-order valence-electron chi connectivity index (χ1n) is 4.03. The summed E-state index contributed by atoms with van der Waals surface area (Å²) in [5, 5.41) is 0. The van der Waals surface area contributed by atoms with Gasteiger partial charge in [-0.25, -0.2) is 4.39 Å². The van der Waals surface area contributed by atoms with Crippen LogP contribution < -0.4 is 10.9 Å². The van der Waals surface area contributed by atoms with Crippen LogP contribution in [0.25, 0.3) is 0 Å². The van der Waals surface area contributed by atoms with Gasteiger partial charge in [-0.3, -0.25) is 20.4 Å². The number of carbonyl (C=O) groups excluding carboxylic acids is 2. The molecule has 0 radical (unpaired) electrons. The van der Waals surface area contributed by atoms with E-state index in [9.17, 15) is 14.0 Å². The third-order valence-corrected chi connectivity index (χ3v) is 2.35. The van der Waals surface area contributed by atoms with Crippen LogP contribution in [-0.4, -0.2) is 11.8 Å². The molecule has 0 aliphatic heterocycles. The second-order valence-corrected chi connectivity index (χ2v) is 3.53. The first-order chi connectivity index (χ1) is 7.02. The third-order valence-electron chi connectivity index (χ3n) is 1.55. The first-order valence-corrected chi connectivity index (χ1v) is 4.82. The van der Waals surface area contributed by atoms with Gasteiger partial charge in [0, 0.05) is 6.92 Å². The van der Waals surface area contributed by atoms with Gasteiger partial charge < -0.3 is 0 Å². The number of hydrogen-bond donors (Lipinski definition) is 2. The molecule has 1 aromatic carbocycles. The van der Waals surface area contributed by atoms with E-state index < -0.39 is 17.6 Å². The Kier molecular flexibility index (Phi) is 3.79. The van der Waals surface area contributed by atoms with Gasteiger partial charge in [0.05, 0.1) is 10.0 Å². The second kappa shape index (κ2) is 4.88. The van der Waals surface area contributed by atoms with Crippen molar-refractivity contribution >= 4 is 27.7 Å². The van der Waals surface area contributed by atoms with Crippen molar-refractivity contribution in [2.45, 2.75) is 6.92 Å². The van der Waals surface area contributed by atoms with E-state index in [1.807, 2.05) is 0 Å². The predicted octanol–water partition coefficient (Wildman–Crippen LogP) is 1.37. The molecule has 80 valence electrons. The van der Waals surface area contributed by atoms with Crippen LogP contribution in [0.5, 0.6) is 0 Å². The Morgan fingerprint density at radius 3 is 2.60 bits per heavy atom. The molecule has 0 saturated heterocycles. The van der Waals surface area contributed by atoms with Gasteiger partial charge in [0.1, 0.15) is 5.82 Å². The van der Waals surface area contributed by atoms with Crippen LogP contribution in [0.4, 0.5) is 4.39 Å². The Morgan fingerprint density at radius 2 is 2.00 bits per heavy atom. The fourth-order valence-corrected chi connectivity index (χ4v) is 1.34. The maximum Gasteiger partial charge on any atom is 0.270 e. The van der Waals surface area contributed by atoms with Crippen molar-refractivity contribution in [1.82, 2.24) is 10.9 Å². The number of hydrazine groups is 1. The monoisotopic (exact) mass is 274 g/mol. The molecular formula is C9H8BrFN2O2. The van der Waals surface area contributed by atoms with E-state index in [2.05, 4.69) is 26.8 Å². The number of nitrogens with one attached hydrogen (secondary N) is 2. The molecule has 0 atom stereocenters. The zero-order chi connectivity index (χ0) is 11.4. The standard InChI is InChI=1S/C9H8BrFN2O2/c1-5(14)12-13-9(15)6-3-2-4-7(11)8(6)10/h2-4H,1H3,(H,12,14)(H,13,15). The highest BCUT2D eigenvalue weighted by Crippen LogP contribution is 2.19. The van der Waals surface area contributed by atoms with E-state index in [-0.39, 0.29) is 10.0 Å². The van der Waals surface area contributed by atoms with E-state index in [0.717, 1.165) is 0 Å². The first kappa shape index (κ1) is 11.6. The Bertz CT molecular complexity index is 409. The second-order valence-electron chi connectivity index (χ2n) is 2.74. The molecule has 6 heteroatoms. The normalized spacial score (nSPS) is 9.53. The quantitative estimate of drug-likeness (QED) is 0.760. The minimum absolute atomic E-state index is 0.0628. The summed E-state index contributed by atoms with van der Waals surface area (Å²) in [5.41, 5.74) is 4.35. The average molecular weight is 275 g/mol. The van der Waals surface area contributed by atoms with Crippen molar-refractivity contribution < 1.29 is 14.0 Å². The van der Waals surface area contributed by atoms with Crippen LogP contribution in [0.2, 0.25) is 0 Å². The molecule has 2 N–H and O–H groups in total. The van der Waals surface area contributed by atoms with Gasteiger partial charge in [-0.1, -0.05) is 6.07 Å². The van der Waals surface area contributed by atoms with E-state index in [0.29, 0.717) is 0 Å². The molecule has 0 spiro atoms. The van der Waals surface area contributed by atoms with Gasteiger partial charge in [-0.15, -0.1) is 0 Å². The lowest BCUT2D eigenvalue weighted by Crippen LogP contribution is -2.40. The number of amides is 2. The SMILES string of the molecule is CC(=O)NNC(=O)c1cccc(F)c1Br. The predicted molar refractivity (Wildman–Crippen MR) is 55.4 cm³/mol. The lowest BCUT2D eigenvalue weighted by molar-refractivity contribution is -0.119. The summed E-state index contributed by atoms with van der Waals surface area (Å²) in [5.74, 6) is -1.53. The van der Waals surface area contributed by atoms with Crippen LogP contribution in [0.15, 0.2) is 22.7 Å². The van der Waals surface area contributed by atoms with Crippen molar-refractivity contribution in [3.05, 3.63) is 34.1 Å². The summed E-state index contributed by atoms with van der Waals surface area (Å²) in [6, 6.07) is 4.06. The molecule has 1 rings (SSSR count). The largest absolute Gasteiger partial charge is 0.274 e. The molecule has 0 aliphatic carbocycles. The lowest BCUT2D eigenvalue weighted by atomic mass is 10.2. The summed E-state index contributed by atoms with van der Waals surface area (Å²) in [7, 11) is 0. The summed E-state index contributed by atoms with van der Waals surface area (Å²) >= 11 is 2.94. The third kappa shape index (κ3) is 3.02. The topological polar surface area (TPSA) is 58.2 Å².